The number of carbonyl (C=O) groups excluding carboxylic acids is 2. The van der Waals surface area contributed by atoms with Gasteiger partial charge >= 0.3 is 0 Å². The summed E-state index contributed by atoms with van der Waals surface area (Å²) in [7, 11) is 0. The quantitative estimate of drug-likeness (QED) is 0.799. The lowest BCUT2D eigenvalue weighted by Crippen LogP contribution is -2.38. The average Bonchev–Trinajstić information content (AvgIpc) is 3.02. The van der Waals surface area contributed by atoms with Gasteiger partial charge in [0.25, 0.3) is 0 Å². The van der Waals surface area contributed by atoms with Gasteiger partial charge in [-0.15, -0.1) is 0 Å². The van der Waals surface area contributed by atoms with Crippen molar-refractivity contribution in [3.05, 3.63) is 42.1 Å². The molecule has 0 unspecified atom stereocenters. The van der Waals surface area contributed by atoms with Crippen LogP contribution >= 0.6 is 0 Å². The maximum atomic E-state index is 12.5. The van der Waals surface area contributed by atoms with Crippen LogP contribution in [0.4, 0.5) is 0 Å². The zero-order chi connectivity index (χ0) is 19.2. The Kier molecular flexibility index (Phi) is 5.92. The highest BCUT2D eigenvalue weighted by Crippen LogP contribution is 2.24. The molecule has 2 heterocycles. The van der Waals surface area contributed by atoms with Gasteiger partial charge in [0.05, 0.1) is 12.5 Å². The number of nitrogens with zero attached hydrogens (tertiary/aromatic N) is 3. The van der Waals surface area contributed by atoms with E-state index in [2.05, 4.69) is 10.6 Å². The molecule has 0 spiro atoms. The van der Waals surface area contributed by atoms with E-state index in [0.29, 0.717) is 32.5 Å². The Balaban J connectivity index is 1.68. The van der Waals surface area contributed by atoms with Gasteiger partial charge in [0.15, 0.2) is 0 Å². The number of hydrogen-bond acceptors (Lipinski definition) is 3. The molecule has 0 atom stereocenters. The molecule has 27 heavy (non-hydrogen) atoms. The maximum Gasteiger partial charge on any atom is 0.246 e. The van der Waals surface area contributed by atoms with Gasteiger partial charge in [-0.3, -0.25) is 9.59 Å². The van der Waals surface area contributed by atoms with E-state index in [1.165, 1.54) is 0 Å². The first-order chi connectivity index (χ1) is 13.1. The van der Waals surface area contributed by atoms with Crippen LogP contribution in [0.2, 0.25) is 0 Å². The van der Waals surface area contributed by atoms with Gasteiger partial charge in [-0.1, -0.05) is 18.2 Å². The van der Waals surface area contributed by atoms with Crippen LogP contribution in [0, 0.1) is 17.2 Å². The SMILES string of the molecule is N#CCCn1cc(/C=C/C(=O)N2CCC(CC(N)=O)CC2)c2ccccc21. The van der Waals surface area contributed by atoms with Gasteiger partial charge in [0.2, 0.25) is 11.8 Å². The van der Waals surface area contributed by atoms with Gasteiger partial charge in [-0.2, -0.15) is 5.26 Å². The number of aryl methyl sites for hydroxylation is 1. The molecule has 2 N–H and O–H groups in total. The lowest BCUT2D eigenvalue weighted by molar-refractivity contribution is -0.127. The Morgan fingerprint density at radius 2 is 2.00 bits per heavy atom. The molecule has 1 aliphatic heterocycles. The van der Waals surface area contributed by atoms with E-state index in [0.717, 1.165) is 29.3 Å². The summed E-state index contributed by atoms with van der Waals surface area (Å²) >= 11 is 0. The molecule has 6 heteroatoms. The summed E-state index contributed by atoms with van der Waals surface area (Å²) in [6.45, 7) is 1.95. The Bertz CT molecular complexity index is 899. The number of para-hydroxylation sites is 1. The van der Waals surface area contributed by atoms with Gasteiger partial charge in [0.1, 0.15) is 0 Å². The van der Waals surface area contributed by atoms with E-state index in [4.69, 9.17) is 11.0 Å². The summed E-state index contributed by atoms with van der Waals surface area (Å²) in [6, 6.07) is 10.2. The van der Waals surface area contributed by atoms with Crippen molar-refractivity contribution in [2.75, 3.05) is 13.1 Å². The normalized spacial score (nSPS) is 15.3. The van der Waals surface area contributed by atoms with Crippen LogP contribution in [0.25, 0.3) is 17.0 Å². The summed E-state index contributed by atoms with van der Waals surface area (Å²) in [5, 5.41) is 9.91. The molecule has 2 aromatic rings. The highest BCUT2D eigenvalue weighted by Gasteiger charge is 2.22. The first-order valence-electron chi connectivity index (χ1n) is 9.28. The van der Waals surface area contributed by atoms with E-state index >= 15 is 0 Å². The van der Waals surface area contributed by atoms with Gasteiger partial charge in [0, 0.05) is 54.8 Å². The first kappa shape index (κ1) is 18.7. The number of primary amides is 1. The maximum absolute atomic E-state index is 12.5. The van der Waals surface area contributed by atoms with E-state index in [-0.39, 0.29) is 17.7 Å². The number of hydrogen-bond donors (Lipinski definition) is 1. The molecule has 1 aromatic carbocycles. The smallest absolute Gasteiger partial charge is 0.246 e. The van der Waals surface area contributed by atoms with Crippen LogP contribution in [0.1, 0.15) is 31.2 Å². The van der Waals surface area contributed by atoms with Crippen molar-refractivity contribution < 1.29 is 9.59 Å². The lowest BCUT2D eigenvalue weighted by atomic mass is 9.93. The van der Waals surface area contributed by atoms with Crippen LogP contribution in [0.3, 0.4) is 0 Å². The fraction of sp³-hybridized carbons (Fsp3) is 0.381. The standard InChI is InChI=1S/C21H24N4O2/c22-10-3-11-25-15-17(18-4-1-2-5-19(18)25)6-7-21(27)24-12-8-16(9-13-24)14-20(23)26/h1-2,4-7,15-16H,3,8-9,11-14H2,(H2,23,26)/b7-6+. The number of fused-ring (bicyclic) bond motifs is 1. The fourth-order valence-electron chi connectivity index (χ4n) is 3.67. The summed E-state index contributed by atoms with van der Waals surface area (Å²) in [4.78, 5) is 25.4. The highest BCUT2D eigenvalue weighted by atomic mass is 16.2. The number of amides is 2. The Morgan fingerprint density at radius 1 is 1.26 bits per heavy atom. The highest BCUT2D eigenvalue weighted by molar-refractivity contribution is 5.96. The van der Waals surface area contributed by atoms with Crippen molar-refractivity contribution in [1.82, 2.24) is 9.47 Å². The van der Waals surface area contributed by atoms with E-state index in [1.54, 1.807) is 6.08 Å². The Morgan fingerprint density at radius 3 is 2.70 bits per heavy atom. The van der Waals surface area contributed by atoms with Crippen molar-refractivity contribution >= 4 is 28.8 Å². The largest absolute Gasteiger partial charge is 0.370 e. The van der Waals surface area contributed by atoms with Crippen LogP contribution in [0.5, 0.6) is 0 Å². The summed E-state index contributed by atoms with van der Waals surface area (Å²) in [6.07, 6.45) is 7.94. The molecular weight excluding hydrogens is 340 g/mol. The molecule has 0 aliphatic carbocycles. The van der Waals surface area contributed by atoms with Gasteiger partial charge in [-0.25, -0.2) is 0 Å². The van der Waals surface area contributed by atoms with Crippen molar-refractivity contribution in [1.29, 1.82) is 5.26 Å². The molecule has 1 aliphatic rings. The minimum atomic E-state index is -0.271. The van der Waals surface area contributed by atoms with Gasteiger partial charge in [-0.05, 0) is 30.9 Å². The second-order valence-electron chi connectivity index (χ2n) is 6.98. The molecule has 0 saturated carbocycles. The van der Waals surface area contributed by atoms with E-state index in [9.17, 15) is 9.59 Å². The molecule has 140 valence electrons. The second-order valence-corrected chi connectivity index (χ2v) is 6.98. The van der Waals surface area contributed by atoms with Crippen LogP contribution < -0.4 is 5.73 Å². The molecule has 1 saturated heterocycles. The zero-order valence-electron chi connectivity index (χ0n) is 15.3. The van der Waals surface area contributed by atoms with Crippen molar-refractivity contribution in [2.24, 2.45) is 11.7 Å². The van der Waals surface area contributed by atoms with Crippen molar-refractivity contribution in [2.45, 2.75) is 32.2 Å². The summed E-state index contributed by atoms with van der Waals surface area (Å²) in [5.74, 6) is 0.00230. The lowest BCUT2D eigenvalue weighted by Gasteiger charge is -2.30. The van der Waals surface area contributed by atoms with E-state index < -0.39 is 0 Å². The first-order valence-corrected chi connectivity index (χ1v) is 9.28. The monoisotopic (exact) mass is 364 g/mol. The topological polar surface area (TPSA) is 92.1 Å². The third-order valence-electron chi connectivity index (χ3n) is 5.11. The van der Waals surface area contributed by atoms with Gasteiger partial charge < -0.3 is 15.2 Å². The number of benzene rings is 1. The van der Waals surface area contributed by atoms with Crippen LogP contribution in [-0.4, -0.2) is 34.4 Å². The van der Waals surface area contributed by atoms with Crippen molar-refractivity contribution in [3.8, 4) is 6.07 Å². The number of aromatic nitrogens is 1. The van der Waals surface area contributed by atoms with Crippen LogP contribution in [-0.2, 0) is 16.1 Å². The number of likely N-dealkylation sites (tertiary alicyclic amines) is 1. The number of nitriles is 1. The number of rotatable bonds is 6. The van der Waals surface area contributed by atoms with Crippen molar-refractivity contribution in [3.63, 3.8) is 0 Å². The fourth-order valence-corrected chi connectivity index (χ4v) is 3.67. The number of carbonyl (C=O) groups is 2. The minimum absolute atomic E-state index is 0.0126. The molecule has 0 bridgehead atoms. The zero-order valence-corrected chi connectivity index (χ0v) is 15.3. The molecule has 0 radical (unpaired) electrons. The second kappa shape index (κ2) is 8.54. The number of nitrogens with two attached hydrogens (primary N) is 1. The van der Waals surface area contributed by atoms with E-state index in [1.807, 2.05) is 41.4 Å². The molecule has 2 amide bonds. The Labute approximate surface area is 158 Å². The number of piperidine rings is 1. The molecule has 1 aromatic heterocycles. The molecular formula is C21H24N4O2. The Hall–Kier alpha value is -3.07. The molecule has 6 nitrogen and oxygen atoms in total. The third kappa shape index (κ3) is 4.56. The molecule has 1 fully saturated rings. The summed E-state index contributed by atoms with van der Waals surface area (Å²) in [5.41, 5.74) is 7.29. The van der Waals surface area contributed by atoms with Crippen LogP contribution in [0.15, 0.2) is 36.5 Å². The molecule has 3 rings (SSSR count). The summed E-state index contributed by atoms with van der Waals surface area (Å²) < 4.78 is 2.05. The predicted molar refractivity (Wildman–Crippen MR) is 104 cm³/mol. The minimum Gasteiger partial charge on any atom is -0.370 e. The average molecular weight is 364 g/mol. The predicted octanol–water partition coefficient (Wildman–Crippen LogP) is 2.68. The third-order valence-corrected chi connectivity index (χ3v) is 5.11.